The molecule has 2 heterocycles. The molecular formula is C15H10BrF3N6O2. The first-order valence-corrected chi connectivity index (χ1v) is 8.12. The highest BCUT2D eigenvalue weighted by Crippen LogP contribution is 2.30. The molecule has 0 aliphatic rings. The molecular weight excluding hydrogens is 433 g/mol. The van der Waals surface area contributed by atoms with E-state index in [1.54, 1.807) is 12.4 Å². The molecule has 140 valence electrons. The van der Waals surface area contributed by atoms with Crippen LogP contribution in [0, 0.1) is 0 Å². The molecule has 27 heavy (non-hydrogen) atoms. The molecule has 0 amide bonds. The smallest absolute Gasteiger partial charge is 0.416 e. The number of amidine groups is 1. The summed E-state index contributed by atoms with van der Waals surface area (Å²) in [6, 6.07) is 3.29. The summed E-state index contributed by atoms with van der Waals surface area (Å²) in [5.41, 5.74) is -0.929. The zero-order valence-electron chi connectivity index (χ0n) is 13.3. The molecule has 0 fully saturated rings. The number of alkyl halides is 3. The predicted octanol–water partition coefficient (Wildman–Crippen LogP) is 2.04. The van der Waals surface area contributed by atoms with Crippen molar-refractivity contribution in [3.05, 3.63) is 58.7 Å². The Kier molecular flexibility index (Phi) is 5.35. The molecule has 0 saturated carbocycles. The van der Waals surface area contributed by atoms with Crippen LogP contribution in [0.25, 0.3) is 0 Å². The lowest BCUT2D eigenvalue weighted by Gasteiger charge is -2.14. The number of hydrogen-bond acceptors (Lipinski definition) is 6. The second kappa shape index (κ2) is 7.70. The first-order valence-electron chi connectivity index (χ1n) is 7.32. The Hall–Kier alpha value is -3.02. The second-order valence-corrected chi connectivity index (χ2v) is 6.09. The van der Waals surface area contributed by atoms with Crippen molar-refractivity contribution in [2.24, 2.45) is 4.99 Å². The average molecular weight is 443 g/mol. The van der Waals surface area contributed by atoms with Gasteiger partial charge in [-0.2, -0.15) is 13.2 Å². The van der Waals surface area contributed by atoms with Crippen LogP contribution in [0.1, 0.15) is 11.4 Å². The molecule has 0 atom stereocenters. The van der Waals surface area contributed by atoms with Gasteiger partial charge in [0.25, 0.3) is 6.20 Å². The van der Waals surface area contributed by atoms with E-state index >= 15 is 0 Å². The zero-order chi connectivity index (χ0) is 19.4. The van der Waals surface area contributed by atoms with Crippen molar-refractivity contribution in [1.29, 1.82) is 0 Å². The summed E-state index contributed by atoms with van der Waals surface area (Å²) in [4.78, 5) is 11.7. The summed E-state index contributed by atoms with van der Waals surface area (Å²) in [6.07, 6.45) is -0.0475. The third kappa shape index (κ3) is 5.23. The van der Waals surface area contributed by atoms with Crippen LogP contribution in [0.3, 0.4) is 0 Å². The van der Waals surface area contributed by atoms with Crippen LogP contribution in [0.4, 0.5) is 24.7 Å². The van der Waals surface area contributed by atoms with Crippen molar-refractivity contribution in [3.63, 3.8) is 0 Å². The highest BCUT2D eigenvalue weighted by atomic mass is 79.9. The first-order chi connectivity index (χ1) is 12.8. The number of aliphatic imine (C=N–C) groups is 1. The molecule has 0 unspecified atom stereocenters. The molecule has 8 nitrogen and oxygen atoms in total. The number of benzene rings is 1. The maximum absolute atomic E-state index is 12.7. The molecule has 1 aromatic carbocycles. The van der Waals surface area contributed by atoms with Gasteiger partial charge in [-0.15, -0.1) is 0 Å². The van der Waals surface area contributed by atoms with Crippen molar-refractivity contribution in [3.8, 4) is 0 Å². The van der Waals surface area contributed by atoms with E-state index in [0.29, 0.717) is 5.82 Å². The van der Waals surface area contributed by atoms with Crippen molar-refractivity contribution < 1.29 is 27.5 Å². The van der Waals surface area contributed by atoms with Crippen LogP contribution in [-0.4, -0.2) is 21.3 Å². The molecule has 0 radical (unpaired) electrons. The number of anilines is 1. The van der Waals surface area contributed by atoms with Crippen LogP contribution in [0.5, 0.6) is 0 Å². The van der Waals surface area contributed by atoms with Crippen molar-refractivity contribution in [2.75, 3.05) is 5.32 Å². The molecule has 3 rings (SSSR count). The van der Waals surface area contributed by atoms with E-state index in [1.165, 1.54) is 23.0 Å². The SMILES string of the molecule is [O-]C(=Nc1c[n+](Cc2ncc(Br)cn2)no1)Nc1cccc(C(F)(F)F)c1. The summed E-state index contributed by atoms with van der Waals surface area (Å²) in [5.74, 6) is 0.327. The largest absolute Gasteiger partial charge is 0.846 e. The summed E-state index contributed by atoms with van der Waals surface area (Å²) in [6.45, 7) is 0.182. The highest BCUT2D eigenvalue weighted by Gasteiger charge is 2.30. The Balaban J connectivity index is 1.68. The Morgan fingerprint density at radius 1 is 1.30 bits per heavy atom. The normalized spacial score (nSPS) is 12.2. The van der Waals surface area contributed by atoms with Gasteiger partial charge in [0.15, 0.2) is 5.82 Å². The van der Waals surface area contributed by atoms with E-state index < -0.39 is 17.8 Å². The first kappa shape index (κ1) is 18.8. The van der Waals surface area contributed by atoms with Crippen LogP contribution < -0.4 is 15.1 Å². The number of hydrogen-bond donors (Lipinski definition) is 1. The summed E-state index contributed by atoms with van der Waals surface area (Å²) < 4.78 is 45.0. The number of nitrogens with zero attached hydrogens (tertiary/aromatic N) is 5. The standard InChI is InChI=1S/C15H10BrF3N6O2/c16-10-5-20-12(21-6-10)7-25-8-13(27-24-25)23-14(26)22-11-3-1-2-9(4-11)15(17,18)19/h1-6,8H,7H2,(H-,22,23,24,26). The maximum Gasteiger partial charge on any atom is 0.416 e. The van der Waals surface area contributed by atoms with Gasteiger partial charge >= 0.3 is 12.1 Å². The molecule has 0 bridgehead atoms. The van der Waals surface area contributed by atoms with E-state index in [2.05, 4.69) is 41.5 Å². The summed E-state index contributed by atoms with van der Waals surface area (Å²) in [5, 5.41) is 17.8. The second-order valence-electron chi connectivity index (χ2n) is 5.18. The number of nitrogens with one attached hydrogen (secondary N) is 1. The molecule has 0 saturated heterocycles. The minimum atomic E-state index is -4.51. The topological polar surface area (TPSA) is 103 Å². The van der Waals surface area contributed by atoms with Gasteiger partial charge in [-0.3, -0.25) is 4.52 Å². The van der Waals surface area contributed by atoms with Crippen LogP contribution in [0.15, 0.2) is 56.8 Å². The van der Waals surface area contributed by atoms with Gasteiger partial charge in [-0.1, -0.05) is 6.07 Å². The third-order valence-corrected chi connectivity index (χ3v) is 3.54. The monoisotopic (exact) mass is 442 g/mol. The summed E-state index contributed by atoms with van der Waals surface area (Å²) in [7, 11) is 0. The van der Waals surface area contributed by atoms with Crippen LogP contribution >= 0.6 is 15.9 Å². The third-order valence-electron chi connectivity index (χ3n) is 3.13. The van der Waals surface area contributed by atoms with E-state index in [0.717, 1.165) is 16.6 Å². The zero-order valence-corrected chi connectivity index (χ0v) is 14.9. The van der Waals surface area contributed by atoms with Gasteiger partial charge < -0.3 is 10.4 Å². The van der Waals surface area contributed by atoms with Gasteiger partial charge in [-0.25, -0.2) is 15.0 Å². The van der Waals surface area contributed by atoms with Crippen molar-refractivity contribution in [1.82, 2.24) is 15.2 Å². The molecule has 1 N–H and O–H groups in total. The maximum atomic E-state index is 12.7. The Labute approximate surface area is 158 Å². The molecule has 0 spiro atoms. The average Bonchev–Trinajstić information content (AvgIpc) is 3.03. The Bertz CT molecular complexity index is 959. The quantitative estimate of drug-likeness (QED) is 0.376. The van der Waals surface area contributed by atoms with Crippen molar-refractivity contribution in [2.45, 2.75) is 12.7 Å². The molecule has 3 aromatic rings. The van der Waals surface area contributed by atoms with Gasteiger partial charge in [0, 0.05) is 18.1 Å². The predicted molar refractivity (Wildman–Crippen MR) is 87.7 cm³/mol. The molecule has 0 aliphatic heterocycles. The lowest BCUT2D eigenvalue weighted by Crippen LogP contribution is -2.36. The van der Waals surface area contributed by atoms with Gasteiger partial charge in [0.2, 0.25) is 11.8 Å². The van der Waals surface area contributed by atoms with E-state index in [9.17, 15) is 18.3 Å². The summed E-state index contributed by atoms with van der Waals surface area (Å²) >= 11 is 3.22. The van der Waals surface area contributed by atoms with Gasteiger partial charge in [-0.05, 0) is 38.8 Å². The molecule has 0 aliphatic carbocycles. The van der Waals surface area contributed by atoms with E-state index in [1.807, 2.05) is 0 Å². The number of aromatic nitrogens is 4. The van der Waals surface area contributed by atoms with E-state index in [-0.39, 0.29) is 18.1 Å². The number of rotatable bonds is 4. The fourth-order valence-corrected chi connectivity index (χ4v) is 2.19. The fourth-order valence-electron chi connectivity index (χ4n) is 1.98. The Morgan fingerprint density at radius 3 is 2.74 bits per heavy atom. The van der Waals surface area contributed by atoms with Crippen LogP contribution in [0.2, 0.25) is 0 Å². The fraction of sp³-hybridized carbons (Fsp3) is 0.133. The van der Waals surface area contributed by atoms with Crippen molar-refractivity contribution >= 4 is 33.5 Å². The highest BCUT2D eigenvalue weighted by molar-refractivity contribution is 9.10. The van der Waals surface area contributed by atoms with Gasteiger partial charge in [0.1, 0.15) is 0 Å². The van der Waals surface area contributed by atoms with Gasteiger partial charge in [0.05, 0.1) is 16.1 Å². The Morgan fingerprint density at radius 2 is 2.04 bits per heavy atom. The number of halogens is 4. The molecule has 12 heteroatoms. The van der Waals surface area contributed by atoms with E-state index in [4.69, 9.17) is 4.52 Å². The lowest BCUT2D eigenvalue weighted by atomic mass is 10.2. The molecule has 2 aromatic heterocycles. The minimum Gasteiger partial charge on any atom is -0.846 e. The minimum absolute atomic E-state index is 0.0470. The lowest BCUT2D eigenvalue weighted by molar-refractivity contribution is -0.755. The van der Waals surface area contributed by atoms with Crippen LogP contribution in [-0.2, 0) is 12.7 Å².